The number of hydrogen-bond acceptors (Lipinski definition) is 4. The molecule has 0 spiro atoms. The van der Waals surface area contributed by atoms with Crippen molar-refractivity contribution in [3.05, 3.63) is 71.4 Å². The quantitative estimate of drug-likeness (QED) is 0.675. The molecule has 0 amide bonds. The van der Waals surface area contributed by atoms with Gasteiger partial charge in [0, 0.05) is 37.9 Å². The van der Waals surface area contributed by atoms with Crippen LogP contribution in [0, 0.1) is 13.8 Å². The Kier molecular flexibility index (Phi) is 4.23. The molecule has 0 saturated carbocycles. The molecule has 0 saturated heterocycles. The van der Waals surface area contributed by atoms with Crippen molar-refractivity contribution in [1.29, 1.82) is 0 Å². The Bertz CT molecular complexity index is 1050. The van der Waals surface area contributed by atoms with Crippen molar-refractivity contribution in [3.8, 4) is 0 Å². The van der Waals surface area contributed by atoms with E-state index in [1.165, 1.54) is 33.6 Å². The summed E-state index contributed by atoms with van der Waals surface area (Å²) in [5.41, 5.74) is 8.99. The predicted molar refractivity (Wildman–Crippen MR) is 110 cm³/mol. The van der Waals surface area contributed by atoms with E-state index in [4.69, 9.17) is 14.5 Å². The van der Waals surface area contributed by atoms with Crippen molar-refractivity contribution in [2.24, 2.45) is 0 Å². The summed E-state index contributed by atoms with van der Waals surface area (Å²) in [5, 5.41) is 0. The Morgan fingerprint density at radius 3 is 2.68 bits per heavy atom. The fourth-order valence-electron chi connectivity index (χ4n) is 4.40. The number of aryl methyl sites for hydroxylation is 2. The third-order valence-corrected chi connectivity index (χ3v) is 6.05. The summed E-state index contributed by atoms with van der Waals surface area (Å²) >= 11 is 0. The van der Waals surface area contributed by atoms with Crippen LogP contribution in [0.1, 0.15) is 28.8 Å². The smallest absolute Gasteiger partial charge is 0.241 e. The maximum Gasteiger partial charge on any atom is 0.241 e. The van der Waals surface area contributed by atoms with Gasteiger partial charge in [-0.2, -0.15) is 0 Å². The zero-order valence-corrected chi connectivity index (χ0v) is 16.4. The molecule has 0 unspecified atom stereocenters. The van der Waals surface area contributed by atoms with E-state index in [1.54, 1.807) is 12.5 Å². The number of nitrogens with zero attached hydrogens (tertiary/aromatic N) is 3. The maximum atomic E-state index is 5.48. The molecule has 3 aromatic rings. The molecule has 2 aliphatic heterocycles. The molecular weight excluding hydrogens is 350 g/mol. The highest BCUT2D eigenvalue weighted by atomic mass is 16.7. The van der Waals surface area contributed by atoms with Crippen LogP contribution in [-0.2, 0) is 29.0 Å². The van der Waals surface area contributed by atoms with Crippen LogP contribution < -0.4 is 4.90 Å². The average molecular weight is 375 g/mol. The predicted octanol–water partition coefficient (Wildman–Crippen LogP) is 4.45. The van der Waals surface area contributed by atoms with Gasteiger partial charge in [0.15, 0.2) is 0 Å². The van der Waals surface area contributed by atoms with Gasteiger partial charge in [-0.05, 0) is 43.0 Å². The summed E-state index contributed by atoms with van der Waals surface area (Å²) < 4.78 is 13.3. The van der Waals surface area contributed by atoms with E-state index >= 15 is 0 Å². The van der Waals surface area contributed by atoms with Gasteiger partial charge < -0.3 is 18.9 Å². The number of aromatic nitrogens is 2. The van der Waals surface area contributed by atoms with Crippen LogP contribution in [-0.4, -0.2) is 22.4 Å². The van der Waals surface area contributed by atoms with Crippen molar-refractivity contribution in [2.45, 2.75) is 46.1 Å². The van der Waals surface area contributed by atoms with Gasteiger partial charge in [-0.1, -0.05) is 24.3 Å². The Labute approximate surface area is 165 Å². The summed E-state index contributed by atoms with van der Waals surface area (Å²) in [6, 6.07) is 10.9. The van der Waals surface area contributed by atoms with Crippen molar-refractivity contribution in [2.75, 3.05) is 11.4 Å². The van der Waals surface area contributed by atoms with E-state index in [2.05, 4.69) is 53.6 Å². The molecule has 0 atom stereocenters. The number of fused-ring (bicyclic) bond motifs is 2. The SMILES string of the molecule is Cc1c(C)n(CCC2OC=CO2)c2c(N3CCc4ccccc4C3)ccnc12. The molecule has 2 aliphatic rings. The first-order valence-corrected chi connectivity index (χ1v) is 9.94. The first-order chi connectivity index (χ1) is 13.7. The monoisotopic (exact) mass is 375 g/mol. The second-order valence-electron chi connectivity index (χ2n) is 7.59. The first kappa shape index (κ1) is 17.2. The van der Waals surface area contributed by atoms with E-state index in [1.807, 2.05) is 6.20 Å². The standard InChI is InChI=1S/C23H25N3O2/c1-16-17(2)26(12-9-21-27-13-14-28-21)23-20(7-10-24-22(16)23)25-11-8-18-5-3-4-6-19(18)15-25/h3-7,10,13-14,21H,8-9,11-12,15H2,1-2H3. The summed E-state index contributed by atoms with van der Waals surface area (Å²) in [4.78, 5) is 7.21. The Hall–Kier alpha value is -2.95. The molecule has 1 aromatic carbocycles. The lowest BCUT2D eigenvalue weighted by Gasteiger charge is -2.31. The van der Waals surface area contributed by atoms with Crippen LogP contribution in [0.2, 0.25) is 0 Å². The Balaban J connectivity index is 1.53. The third kappa shape index (κ3) is 2.82. The molecule has 2 aromatic heterocycles. The summed E-state index contributed by atoms with van der Waals surface area (Å²) in [7, 11) is 0. The second kappa shape index (κ2) is 6.89. The molecule has 4 heterocycles. The topological polar surface area (TPSA) is 39.5 Å². The van der Waals surface area contributed by atoms with Gasteiger partial charge in [-0.3, -0.25) is 4.98 Å². The maximum absolute atomic E-state index is 5.48. The van der Waals surface area contributed by atoms with Crippen LogP contribution in [0.4, 0.5) is 5.69 Å². The van der Waals surface area contributed by atoms with Crippen LogP contribution >= 0.6 is 0 Å². The van der Waals surface area contributed by atoms with Gasteiger partial charge in [0.2, 0.25) is 6.29 Å². The molecule has 0 N–H and O–H groups in total. The average Bonchev–Trinajstić information content (AvgIpc) is 3.34. The summed E-state index contributed by atoms with van der Waals surface area (Å²) in [6.07, 6.45) is 6.87. The van der Waals surface area contributed by atoms with Crippen LogP contribution in [0.25, 0.3) is 11.0 Å². The van der Waals surface area contributed by atoms with Crippen molar-refractivity contribution in [1.82, 2.24) is 9.55 Å². The van der Waals surface area contributed by atoms with Crippen molar-refractivity contribution in [3.63, 3.8) is 0 Å². The van der Waals surface area contributed by atoms with Gasteiger partial charge in [-0.25, -0.2) is 0 Å². The Morgan fingerprint density at radius 1 is 1.07 bits per heavy atom. The summed E-state index contributed by atoms with van der Waals surface area (Å²) in [6.45, 7) is 7.16. The molecule has 144 valence electrons. The van der Waals surface area contributed by atoms with Gasteiger partial charge in [0.25, 0.3) is 0 Å². The Morgan fingerprint density at radius 2 is 1.86 bits per heavy atom. The highest BCUT2D eigenvalue weighted by Crippen LogP contribution is 2.34. The normalized spacial score (nSPS) is 16.3. The minimum absolute atomic E-state index is 0.195. The lowest BCUT2D eigenvalue weighted by atomic mass is 9.99. The number of rotatable bonds is 4. The molecule has 0 bridgehead atoms. The molecule has 0 aliphatic carbocycles. The minimum atomic E-state index is -0.195. The molecule has 5 rings (SSSR count). The van der Waals surface area contributed by atoms with Gasteiger partial charge >= 0.3 is 0 Å². The zero-order valence-electron chi connectivity index (χ0n) is 16.4. The van der Waals surface area contributed by atoms with E-state index in [-0.39, 0.29) is 6.29 Å². The number of benzene rings is 1. The second-order valence-corrected chi connectivity index (χ2v) is 7.59. The van der Waals surface area contributed by atoms with Gasteiger partial charge in [0.05, 0.1) is 16.7 Å². The first-order valence-electron chi connectivity index (χ1n) is 9.94. The molecule has 5 nitrogen and oxygen atoms in total. The number of hydrogen-bond donors (Lipinski definition) is 0. The molecule has 0 fully saturated rings. The third-order valence-electron chi connectivity index (χ3n) is 6.05. The van der Waals surface area contributed by atoms with Gasteiger partial charge in [0.1, 0.15) is 12.5 Å². The zero-order chi connectivity index (χ0) is 19.1. The van der Waals surface area contributed by atoms with Crippen molar-refractivity contribution < 1.29 is 9.47 Å². The number of ether oxygens (including phenoxy) is 2. The lowest BCUT2D eigenvalue weighted by Crippen LogP contribution is -2.30. The van der Waals surface area contributed by atoms with E-state index < -0.39 is 0 Å². The highest BCUT2D eigenvalue weighted by molar-refractivity contribution is 5.92. The highest BCUT2D eigenvalue weighted by Gasteiger charge is 2.23. The minimum Gasteiger partial charge on any atom is -0.459 e. The number of anilines is 1. The molecule has 5 heteroatoms. The van der Waals surface area contributed by atoms with E-state index in [0.29, 0.717) is 0 Å². The molecular formula is C23H25N3O2. The van der Waals surface area contributed by atoms with Crippen LogP contribution in [0.3, 0.4) is 0 Å². The van der Waals surface area contributed by atoms with Gasteiger partial charge in [-0.15, -0.1) is 0 Å². The fourth-order valence-corrected chi connectivity index (χ4v) is 4.40. The fraction of sp³-hybridized carbons (Fsp3) is 0.348. The van der Waals surface area contributed by atoms with E-state index in [9.17, 15) is 0 Å². The molecule has 0 radical (unpaired) electrons. The van der Waals surface area contributed by atoms with Crippen LogP contribution in [0.15, 0.2) is 49.1 Å². The van der Waals surface area contributed by atoms with Crippen LogP contribution in [0.5, 0.6) is 0 Å². The summed E-state index contributed by atoms with van der Waals surface area (Å²) in [5.74, 6) is 0. The van der Waals surface area contributed by atoms with E-state index in [0.717, 1.165) is 38.0 Å². The largest absolute Gasteiger partial charge is 0.459 e. The lowest BCUT2D eigenvalue weighted by molar-refractivity contribution is -0.0305. The van der Waals surface area contributed by atoms with Crippen molar-refractivity contribution >= 4 is 16.7 Å². The number of pyridine rings is 1. The molecule has 28 heavy (non-hydrogen) atoms.